The zero-order valence-electron chi connectivity index (χ0n) is 14.4. The van der Waals surface area contributed by atoms with Crippen LogP contribution in [-0.4, -0.2) is 20.3 Å². The van der Waals surface area contributed by atoms with Crippen molar-refractivity contribution in [3.8, 4) is 34.2 Å². The molecule has 0 unspecified atom stereocenters. The standard InChI is InChI=1S/C20H18N4O/c1-12-5-4-6-15(9-12)19-21-20(25-24-19)18-11-17(22-23-18)16-10-13(2)7-8-14(16)3/h4-11H,1-3H3,(H,22,23). The van der Waals surface area contributed by atoms with Crippen LogP contribution in [0.25, 0.3) is 34.2 Å². The lowest BCUT2D eigenvalue weighted by molar-refractivity contribution is 0.431. The average Bonchev–Trinajstić information content (AvgIpc) is 3.26. The third kappa shape index (κ3) is 2.96. The van der Waals surface area contributed by atoms with Gasteiger partial charge in [0.25, 0.3) is 5.89 Å². The third-order valence-corrected chi connectivity index (χ3v) is 4.18. The largest absolute Gasteiger partial charge is 0.332 e. The maximum absolute atomic E-state index is 5.42. The Balaban J connectivity index is 1.68. The van der Waals surface area contributed by atoms with Crippen molar-refractivity contribution in [3.05, 3.63) is 65.2 Å². The smallest absolute Gasteiger partial charge is 0.276 e. The van der Waals surface area contributed by atoms with Crippen LogP contribution in [0.3, 0.4) is 0 Å². The third-order valence-electron chi connectivity index (χ3n) is 4.18. The molecule has 0 saturated heterocycles. The van der Waals surface area contributed by atoms with Crippen LogP contribution in [0.4, 0.5) is 0 Å². The fourth-order valence-corrected chi connectivity index (χ4v) is 2.82. The molecule has 2 aromatic carbocycles. The summed E-state index contributed by atoms with van der Waals surface area (Å²) in [7, 11) is 0. The second-order valence-electron chi connectivity index (χ2n) is 6.28. The number of nitrogens with one attached hydrogen (secondary N) is 1. The van der Waals surface area contributed by atoms with Gasteiger partial charge in [0.1, 0.15) is 5.69 Å². The summed E-state index contributed by atoms with van der Waals surface area (Å²) in [5, 5.41) is 11.5. The molecular formula is C20H18N4O. The molecule has 4 aromatic rings. The van der Waals surface area contributed by atoms with Crippen LogP contribution in [-0.2, 0) is 0 Å². The highest BCUT2D eigenvalue weighted by atomic mass is 16.5. The van der Waals surface area contributed by atoms with E-state index in [2.05, 4.69) is 52.4 Å². The molecule has 124 valence electrons. The second kappa shape index (κ2) is 6.02. The van der Waals surface area contributed by atoms with Crippen LogP contribution in [0.2, 0.25) is 0 Å². The monoisotopic (exact) mass is 330 g/mol. The van der Waals surface area contributed by atoms with E-state index in [0.29, 0.717) is 17.4 Å². The van der Waals surface area contributed by atoms with Crippen molar-refractivity contribution in [1.82, 2.24) is 20.3 Å². The lowest BCUT2D eigenvalue weighted by atomic mass is 10.0. The zero-order valence-corrected chi connectivity index (χ0v) is 14.4. The summed E-state index contributed by atoms with van der Waals surface area (Å²) >= 11 is 0. The first-order valence-corrected chi connectivity index (χ1v) is 8.14. The number of nitrogens with zero attached hydrogens (tertiary/aromatic N) is 3. The molecule has 0 radical (unpaired) electrons. The van der Waals surface area contributed by atoms with Gasteiger partial charge in [0.15, 0.2) is 0 Å². The number of aromatic nitrogens is 4. The highest BCUT2D eigenvalue weighted by Crippen LogP contribution is 2.27. The minimum absolute atomic E-state index is 0.431. The van der Waals surface area contributed by atoms with E-state index in [1.54, 1.807) is 0 Å². The summed E-state index contributed by atoms with van der Waals surface area (Å²) in [6.07, 6.45) is 0. The van der Waals surface area contributed by atoms with Gasteiger partial charge in [-0.15, -0.1) is 0 Å². The fourth-order valence-electron chi connectivity index (χ4n) is 2.82. The Morgan fingerprint density at radius 1 is 0.920 bits per heavy atom. The second-order valence-corrected chi connectivity index (χ2v) is 6.28. The normalized spacial score (nSPS) is 11.0. The fraction of sp³-hybridized carbons (Fsp3) is 0.150. The van der Waals surface area contributed by atoms with Crippen LogP contribution in [0.5, 0.6) is 0 Å². The van der Waals surface area contributed by atoms with Crippen LogP contribution >= 0.6 is 0 Å². The van der Waals surface area contributed by atoms with Crippen molar-refractivity contribution in [2.75, 3.05) is 0 Å². The number of aryl methyl sites for hydroxylation is 3. The van der Waals surface area contributed by atoms with E-state index in [-0.39, 0.29) is 0 Å². The Kier molecular flexibility index (Phi) is 3.69. The van der Waals surface area contributed by atoms with Crippen LogP contribution < -0.4 is 0 Å². The minimum atomic E-state index is 0.431. The van der Waals surface area contributed by atoms with Crippen molar-refractivity contribution in [2.24, 2.45) is 0 Å². The van der Waals surface area contributed by atoms with Gasteiger partial charge in [-0.1, -0.05) is 46.6 Å². The van der Waals surface area contributed by atoms with E-state index in [1.807, 2.05) is 37.3 Å². The maximum Gasteiger partial charge on any atom is 0.276 e. The molecule has 0 saturated carbocycles. The molecule has 1 N–H and O–H groups in total. The molecule has 4 rings (SSSR count). The van der Waals surface area contributed by atoms with Gasteiger partial charge in [-0.2, -0.15) is 10.1 Å². The molecule has 0 amide bonds. The molecule has 0 bridgehead atoms. The maximum atomic E-state index is 5.42. The number of H-pyrrole nitrogens is 1. The van der Waals surface area contributed by atoms with Crippen molar-refractivity contribution in [2.45, 2.75) is 20.8 Å². The zero-order chi connectivity index (χ0) is 17.4. The molecule has 2 aromatic heterocycles. The Bertz CT molecular complexity index is 1050. The predicted molar refractivity (Wildman–Crippen MR) is 97.0 cm³/mol. The molecule has 0 fully saturated rings. The van der Waals surface area contributed by atoms with Crippen LogP contribution in [0, 0.1) is 20.8 Å². The van der Waals surface area contributed by atoms with Crippen LogP contribution in [0.1, 0.15) is 16.7 Å². The first kappa shape index (κ1) is 15.3. The molecule has 0 aliphatic rings. The van der Waals surface area contributed by atoms with Gasteiger partial charge < -0.3 is 4.52 Å². The number of aromatic amines is 1. The summed E-state index contributed by atoms with van der Waals surface area (Å²) in [4.78, 5) is 4.49. The summed E-state index contributed by atoms with van der Waals surface area (Å²) in [5.41, 5.74) is 7.14. The van der Waals surface area contributed by atoms with E-state index in [1.165, 1.54) is 11.1 Å². The van der Waals surface area contributed by atoms with E-state index in [0.717, 1.165) is 22.4 Å². The number of hydrogen-bond acceptors (Lipinski definition) is 4. The molecule has 5 nitrogen and oxygen atoms in total. The number of rotatable bonds is 3. The highest BCUT2D eigenvalue weighted by Gasteiger charge is 2.15. The molecule has 0 aliphatic heterocycles. The van der Waals surface area contributed by atoms with E-state index in [9.17, 15) is 0 Å². The summed E-state index contributed by atoms with van der Waals surface area (Å²) in [6.45, 7) is 6.18. The molecule has 0 spiro atoms. The average molecular weight is 330 g/mol. The first-order valence-electron chi connectivity index (χ1n) is 8.14. The lowest BCUT2D eigenvalue weighted by Crippen LogP contribution is -1.84. The van der Waals surface area contributed by atoms with E-state index >= 15 is 0 Å². The molecule has 0 aliphatic carbocycles. The van der Waals surface area contributed by atoms with E-state index in [4.69, 9.17) is 4.52 Å². The lowest BCUT2D eigenvalue weighted by Gasteiger charge is -2.02. The van der Waals surface area contributed by atoms with Gasteiger partial charge in [0.2, 0.25) is 5.82 Å². The van der Waals surface area contributed by atoms with Gasteiger partial charge in [-0.05, 0) is 44.5 Å². The molecule has 0 atom stereocenters. The Hall–Kier alpha value is -3.21. The Labute approximate surface area is 145 Å². The Morgan fingerprint density at radius 2 is 1.76 bits per heavy atom. The van der Waals surface area contributed by atoms with Gasteiger partial charge >= 0.3 is 0 Å². The van der Waals surface area contributed by atoms with Gasteiger partial charge in [0.05, 0.1) is 5.69 Å². The first-order chi connectivity index (χ1) is 12.1. The quantitative estimate of drug-likeness (QED) is 0.590. The van der Waals surface area contributed by atoms with Crippen molar-refractivity contribution >= 4 is 0 Å². The summed E-state index contributed by atoms with van der Waals surface area (Å²) in [6, 6.07) is 16.3. The highest BCUT2D eigenvalue weighted by molar-refractivity contribution is 5.68. The molecule has 25 heavy (non-hydrogen) atoms. The molecule has 2 heterocycles. The summed E-state index contributed by atoms with van der Waals surface area (Å²) < 4.78 is 5.42. The molecular weight excluding hydrogens is 312 g/mol. The minimum Gasteiger partial charge on any atom is -0.332 e. The van der Waals surface area contributed by atoms with Crippen LogP contribution in [0.15, 0.2) is 53.1 Å². The predicted octanol–water partition coefficient (Wildman–Crippen LogP) is 4.72. The molecule has 5 heteroatoms. The summed E-state index contributed by atoms with van der Waals surface area (Å²) in [5.74, 6) is 1.00. The van der Waals surface area contributed by atoms with E-state index < -0.39 is 0 Å². The van der Waals surface area contributed by atoms with Gasteiger partial charge in [-0.25, -0.2) is 0 Å². The Morgan fingerprint density at radius 3 is 2.60 bits per heavy atom. The number of hydrogen-bond donors (Lipinski definition) is 1. The van der Waals surface area contributed by atoms with Crippen molar-refractivity contribution < 1.29 is 4.52 Å². The topological polar surface area (TPSA) is 67.6 Å². The van der Waals surface area contributed by atoms with Crippen molar-refractivity contribution in [1.29, 1.82) is 0 Å². The SMILES string of the molecule is Cc1cccc(-c2noc(-c3cc(-c4cc(C)ccc4C)n[nH]3)n2)c1. The number of benzene rings is 2. The van der Waals surface area contributed by atoms with Gasteiger partial charge in [-0.3, -0.25) is 5.10 Å². The van der Waals surface area contributed by atoms with Crippen molar-refractivity contribution in [3.63, 3.8) is 0 Å². The van der Waals surface area contributed by atoms with Gasteiger partial charge in [0, 0.05) is 11.1 Å².